The lowest BCUT2D eigenvalue weighted by atomic mass is 10.1. The molecule has 4 rings (SSSR count). The Bertz CT molecular complexity index is 2440. The number of allylic oxidation sites excluding steroid dienone is 4. The van der Waals surface area contributed by atoms with Gasteiger partial charge in [0.05, 0.1) is 37.1 Å². The van der Waals surface area contributed by atoms with Crippen molar-refractivity contribution in [2.45, 2.75) is 115 Å². The first-order valence-corrected chi connectivity index (χ1v) is 28.0. The Labute approximate surface area is 418 Å². The fraction of sp³-hybridized carbons (Fsp3) is 0.404. The second-order valence-corrected chi connectivity index (χ2v) is 21.0. The molecule has 0 radical (unpaired) electrons. The Morgan fingerprint density at radius 2 is 0.857 bits per heavy atom. The lowest BCUT2D eigenvalue weighted by Gasteiger charge is -2.23. The third-order valence-electron chi connectivity index (χ3n) is 11.3. The molecule has 13 heteroatoms. The van der Waals surface area contributed by atoms with Gasteiger partial charge >= 0.3 is 11.9 Å². The summed E-state index contributed by atoms with van der Waals surface area (Å²) in [5.41, 5.74) is 2.62. The van der Waals surface area contributed by atoms with Crippen molar-refractivity contribution in [1.29, 1.82) is 0 Å². The van der Waals surface area contributed by atoms with E-state index in [2.05, 4.69) is 13.8 Å². The van der Waals surface area contributed by atoms with Crippen LogP contribution in [0.5, 0.6) is 0 Å². The summed E-state index contributed by atoms with van der Waals surface area (Å²) in [6.07, 6.45) is 21.3. The third-order valence-corrected chi connectivity index (χ3v) is 14.8. The molecule has 0 aliphatic carbocycles. The highest BCUT2D eigenvalue weighted by Gasteiger charge is 2.28. The average molecular weight is 995 g/mol. The fourth-order valence-electron chi connectivity index (χ4n) is 7.42. The van der Waals surface area contributed by atoms with E-state index in [1.165, 1.54) is 24.3 Å². The van der Waals surface area contributed by atoms with Gasteiger partial charge in [-0.2, -0.15) is 0 Å². The van der Waals surface area contributed by atoms with E-state index >= 15 is 0 Å². The SMILES string of the molecule is CCCCCCCCOC(=O)/C(=C/C=C/N(CCOCCN(/C=C/C=C(\C(=O)OCCCCCCCC)S(=O)(=O)c1ccccc1)Cc1ccccc1)Cc1ccccc1)S(=O)(=O)Cc1ccccc1. The predicted octanol–water partition coefficient (Wildman–Crippen LogP) is 11.7. The molecular weight excluding hydrogens is 921 g/mol. The fourth-order valence-corrected chi connectivity index (χ4v) is 10.1. The molecule has 70 heavy (non-hydrogen) atoms. The number of hydrogen-bond donors (Lipinski definition) is 0. The number of ether oxygens (including phenoxy) is 3. The van der Waals surface area contributed by atoms with Gasteiger partial charge in [0.15, 0.2) is 19.6 Å². The highest BCUT2D eigenvalue weighted by atomic mass is 32.2. The first-order chi connectivity index (χ1) is 34.0. The zero-order valence-corrected chi connectivity index (χ0v) is 42.9. The lowest BCUT2D eigenvalue weighted by Crippen LogP contribution is -2.25. The van der Waals surface area contributed by atoms with Gasteiger partial charge < -0.3 is 24.0 Å². The van der Waals surface area contributed by atoms with Crippen LogP contribution < -0.4 is 0 Å². The van der Waals surface area contributed by atoms with E-state index in [4.69, 9.17) is 14.2 Å². The molecular formula is C57H74N2O9S2. The van der Waals surface area contributed by atoms with E-state index in [-0.39, 0.29) is 23.9 Å². The average Bonchev–Trinajstić information content (AvgIpc) is 3.36. The minimum atomic E-state index is -4.19. The molecule has 4 aromatic carbocycles. The molecule has 0 bridgehead atoms. The third kappa shape index (κ3) is 21.9. The first kappa shape index (κ1) is 56.8. The summed E-state index contributed by atoms with van der Waals surface area (Å²) >= 11 is 0. The van der Waals surface area contributed by atoms with Crippen molar-refractivity contribution in [3.8, 4) is 0 Å². The molecule has 0 aliphatic heterocycles. The molecule has 0 spiro atoms. The standard InChI is InChI=1S/C57H74N2O9S2/c1-3-5-7-9-11-25-43-67-56(60)54(69(62,63)49-52-33-21-15-22-34-52)37-27-39-58(47-50-29-17-13-18-30-50)41-45-66-46-42-59(48-51-31-19-14-20-32-51)40-28-38-55(70(64,65)53-35-23-16-24-36-53)57(61)68-44-26-12-10-8-6-4-2/h13-24,27-40H,3-12,25-26,41-49H2,1-2H3/b39-27+,40-28+,54-37-,55-38+. The van der Waals surface area contributed by atoms with Crippen LogP contribution in [0.15, 0.2) is 173 Å². The molecule has 0 saturated carbocycles. The van der Waals surface area contributed by atoms with Gasteiger partial charge in [-0.3, -0.25) is 0 Å². The van der Waals surface area contributed by atoms with Gasteiger partial charge in [-0.15, -0.1) is 0 Å². The normalized spacial score (nSPS) is 12.4. The highest BCUT2D eigenvalue weighted by Crippen LogP contribution is 2.22. The van der Waals surface area contributed by atoms with Crippen LogP contribution >= 0.6 is 0 Å². The minimum absolute atomic E-state index is 0.00252. The summed E-state index contributed by atoms with van der Waals surface area (Å²) in [5.74, 6) is -2.10. The number of carbonyl (C=O) groups is 2. The second kappa shape index (κ2) is 32.9. The van der Waals surface area contributed by atoms with Gasteiger partial charge in [-0.05, 0) is 78.4 Å². The second-order valence-electron chi connectivity index (χ2n) is 17.1. The zero-order chi connectivity index (χ0) is 50.1. The van der Waals surface area contributed by atoms with E-state index in [1.807, 2.05) is 76.5 Å². The molecule has 4 aromatic rings. The van der Waals surface area contributed by atoms with E-state index in [0.717, 1.165) is 75.3 Å². The topological polar surface area (TPSA) is 137 Å². The molecule has 0 aromatic heterocycles. The van der Waals surface area contributed by atoms with Crippen LogP contribution in [0.4, 0.5) is 0 Å². The number of sulfone groups is 2. The summed E-state index contributed by atoms with van der Waals surface area (Å²) in [4.78, 5) is 30.0. The number of hydrogen-bond acceptors (Lipinski definition) is 11. The molecule has 0 atom stereocenters. The number of benzene rings is 4. The summed E-state index contributed by atoms with van der Waals surface area (Å²) in [6.45, 7) is 7.06. The lowest BCUT2D eigenvalue weighted by molar-refractivity contribution is -0.139. The minimum Gasteiger partial charge on any atom is -0.462 e. The summed E-state index contributed by atoms with van der Waals surface area (Å²) in [6, 6.07) is 36.3. The number of carbonyl (C=O) groups excluding carboxylic acids is 2. The van der Waals surface area contributed by atoms with Crippen LogP contribution in [0.25, 0.3) is 0 Å². The molecule has 0 saturated heterocycles. The van der Waals surface area contributed by atoms with Crippen LogP contribution in [0, 0.1) is 0 Å². The van der Waals surface area contributed by atoms with Crippen molar-refractivity contribution >= 4 is 31.6 Å². The van der Waals surface area contributed by atoms with Gasteiger partial charge in [0.25, 0.3) is 0 Å². The van der Waals surface area contributed by atoms with Crippen molar-refractivity contribution in [1.82, 2.24) is 9.80 Å². The number of unbranched alkanes of at least 4 members (excludes halogenated alkanes) is 10. The van der Waals surface area contributed by atoms with E-state index < -0.39 is 41.4 Å². The molecule has 0 fully saturated rings. The smallest absolute Gasteiger partial charge is 0.350 e. The molecule has 0 amide bonds. The van der Waals surface area contributed by atoms with Crippen LogP contribution in [-0.4, -0.2) is 78.1 Å². The van der Waals surface area contributed by atoms with E-state index in [1.54, 1.807) is 67.0 Å². The van der Waals surface area contributed by atoms with Gasteiger partial charge in [-0.1, -0.05) is 187 Å². The Morgan fingerprint density at radius 1 is 0.471 bits per heavy atom. The maximum absolute atomic E-state index is 13.8. The quantitative estimate of drug-likeness (QED) is 0.0188. The van der Waals surface area contributed by atoms with Crippen LogP contribution in [0.1, 0.15) is 108 Å². The van der Waals surface area contributed by atoms with Crippen molar-refractivity contribution in [2.24, 2.45) is 0 Å². The summed E-state index contributed by atoms with van der Waals surface area (Å²) in [7, 11) is -8.25. The van der Waals surface area contributed by atoms with Crippen LogP contribution in [0.3, 0.4) is 0 Å². The number of rotatable bonds is 35. The zero-order valence-electron chi connectivity index (χ0n) is 41.2. The number of nitrogens with zero attached hydrogens (tertiary/aromatic N) is 2. The van der Waals surface area contributed by atoms with Crippen molar-refractivity contribution in [3.05, 3.63) is 185 Å². The van der Waals surface area contributed by atoms with Crippen LogP contribution in [0.2, 0.25) is 0 Å². The largest absolute Gasteiger partial charge is 0.462 e. The predicted molar refractivity (Wildman–Crippen MR) is 280 cm³/mol. The maximum atomic E-state index is 13.8. The van der Waals surface area contributed by atoms with Crippen molar-refractivity contribution in [3.63, 3.8) is 0 Å². The molecule has 11 nitrogen and oxygen atoms in total. The highest BCUT2D eigenvalue weighted by molar-refractivity contribution is 7.96. The van der Waals surface area contributed by atoms with Gasteiger partial charge in [-0.25, -0.2) is 26.4 Å². The molecule has 0 N–H and O–H groups in total. The van der Waals surface area contributed by atoms with Gasteiger partial charge in [0, 0.05) is 26.2 Å². The van der Waals surface area contributed by atoms with Gasteiger partial charge in [0.2, 0.25) is 9.84 Å². The Balaban J connectivity index is 1.48. The molecule has 0 unspecified atom stereocenters. The first-order valence-electron chi connectivity index (χ1n) is 24.8. The Hall–Kier alpha value is -5.76. The molecule has 378 valence electrons. The summed E-state index contributed by atoms with van der Waals surface area (Å²) < 4.78 is 72.3. The number of esters is 2. The van der Waals surface area contributed by atoms with E-state index in [0.29, 0.717) is 57.8 Å². The van der Waals surface area contributed by atoms with Gasteiger partial charge in [0.1, 0.15) is 0 Å². The molecule has 0 heterocycles. The van der Waals surface area contributed by atoms with Crippen LogP contribution in [-0.2, 0) is 62.3 Å². The maximum Gasteiger partial charge on any atom is 0.350 e. The van der Waals surface area contributed by atoms with Crippen molar-refractivity contribution in [2.75, 3.05) is 39.5 Å². The Morgan fingerprint density at radius 3 is 1.31 bits per heavy atom. The summed E-state index contributed by atoms with van der Waals surface area (Å²) in [5, 5.41) is 0. The van der Waals surface area contributed by atoms with Crippen molar-refractivity contribution < 1.29 is 40.6 Å². The monoisotopic (exact) mass is 994 g/mol. The Kier molecular flexibility index (Phi) is 26.7. The molecule has 0 aliphatic rings. The van der Waals surface area contributed by atoms with E-state index in [9.17, 15) is 26.4 Å².